The Hall–Kier alpha value is -2.32. The minimum Gasteiger partial charge on any atom is -0.349 e. The number of amides is 1. The van der Waals surface area contributed by atoms with Crippen molar-refractivity contribution in [1.29, 1.82) is 0 Å². The van der Waals surface area contributed by atoms with Crippen LogP contribution in [0.5, 0.6) is 0 Å². The molecule has 140 valence electrons. The Morgan fingerprint density at radius 1 is 1.35 bits per heavy atom. The summed E-state index contributed by atoms with van der Waals surface area (Å²) in [6.07, 6.45) is 7.43. The average molecular weight is 357 g/mol. The summed E-state index contributed by atoms with van der Waals surface area (Å²) in [6.45, 7) is 0.452. The number of nitrogens with zero attached hydrogens (tertiary/aromatic N) is 5. The Morgan fingerprint density at radius 2 is 2.12 bits per heavy atom. The lowest BCUT2D eigenvalue weighted by molar-refractivity contribution is 0.0936. The fraction of sp³-hybridized carbons (Fsp3) is 0.556. The highest BCUT2D eigenvalue weighted by Crippen LogP contribution is 2.26. The molecule has 1 aliphatic rings. The van der Waals surface area contributed by atoms with Gasteiger partial charge in [-0.05, 0) is 51.9 Å². The molecule has 3 rings (SSSR count). The van der Waals surface area contributed by atoms with Gasteiger partial charge in [0.25, 0.3) is 5.91 Å². The van der Waals surface area contributed by atoms with Gasteiger partial charge in [0.2, 0.25) is 0 Å². The molecule has 2 aromatic rings. The molecular weight excluding hydrogens is 330 g/mol. The first-order valence-electron chi connectivity index (χ1n) is 9.07. The lowest BCUT2D eigenvalue weighted by atomic mass is 9.92. The molecule has 0 radical (unpaired) electrons. The van der Waals surface area contributed by atoms with Crippen LogP contribution in [0.3, 0.4) is 0 Å². The molecule has 26 heavy (non-hydrogen) atoms. The van der Waals surface area contributed by atoms with Gasteiger partial charge in [0, 0.05) is 18.8 Å². The number of carbonyl (C=O) groups is 1. The van der Waals surface area contributed by atoms with E-state index >= 15 is 0 Å². The molecule has 1 aliphatic carbocycles. The smallest absolute Gasteiger partial charge is 0.273 e. The van der Waals surface area contributed by atoms with Crippen molar-refractivity contribution in [1.82, 2.24) is 30.2 Å². The molecule has 1 fully saturated rings. The maximum atomic E-state index is 12.5. The quantitative estimate of drug-likeness (QED) is 0.804. The Balaban J connectivity index is 1.59. The first kappa shape index (κ1) is 18.5. The number of nitrogens with one attached hydrogen (secondary N) is 1. The van der Waals surface area contributed by atoms with Crippen LogP contribution in [-0.4, -0.2) is 57.5 Å². The minimum atomic E-state index is -0.216. The zero-order valence-electron chi connectivity index (χ0n) is 15.4. The predicted octanol–water partition coefficient (Wildman–Crippen LogP) is 1.15. The second-order valence-electron chi connectivity index (χ2n) is 7.10. The summed E-state index contributed by atoms with van der Waals surface area (Å²) >= 11 is 0. The monoisotopic (exact) mass is 357 g/mol. The van der Waals surface area contributed by atoms with Gasteiger partial charge in [-0.15, -0.1) is 5.10 Å². The van der Waals surface area contributed by atoms with E-state index in [0.717, 1.165) is 31.4 Å². The van der Waals surface area contributed by atoms with Gasteiger partial charge >= 0.3 is 0 Å². The zero-order valence-corrected chi connectivity index (χ0v) is 15.4. The third kappa shape index (κ3) is 4.44. The third-order valence-electron chi connectivity index (χ3n) is 4.97. The van der Waals surface area contributed by atoms with Crippen molar-refractivity contribution in [2.45, 2.75) is 43.8 Å². The van der Waals surface area contributed by atoms with Crippen LogP contribution >= 0.6 is 0 Å². The van der Waals surface area contributed by atoms with Crippen LogP contribution in [0, 0.1) is 0 Å². The fourth-order valence-electron chi connectivity index (χ4n) is 3.33. The predicted molar refractivity (Wildman–Crippen MR) is 98.5 cm³/mol. The van der Waals surface area contributed by atoms with Gasteiger partial charge in [-0.2, -0.15) is 0 Å². The maximum absolute atomic E-state index is 12.5. The van der Waals surface area contributed by atoms with Crippen molar-refractivity contribution in [3.05, 3.63) is 42.0 Å². The topological polar surface area (TPSA) is 102 Å². The average Bonchev–Trinajstić information content (AvgIpc) is 3.13. The lowest BCUT2D eigenvalue weighted by Crippen LogP contribution is -2.35. The van der Waals surface area contributed by atoms with Gasteiger partial charge in [0.1, 0.15) is 0 Å². The van der Waals surface area contributed by atoms with E-state index in [1.54, 1.807) is 12.4 Å². The van der Waals surface area contributed by atoms with Crippen LogP contribution in [0.1, 0.15) is 53.9 Å². The van der Waals surface area contributed by atoms with Gasteiger partial charge < -0.3 is 11.1 Å². The van der Waals surface area contributed by atoms with Gasteiger partial charge in [0.15, 0.2) is 5.69 Å². The number of likely N-dealkylation sites (N-methyl/N-ethyl adjacent to an activating group) is 1. The van der Waals surface area contributed by atoms with Crippen molar-refractivity contribution in [3.63, 3.8) is 0 Å². The molecule has 3 N–H and O–H groups in total. The minimum absolute atomic E-state index is 0.00460. The molecule has 1 amide bonds. The van der Waals surface area contributed by atoms with Crippen molar-refractivity contribution < 1.29 is 4.79 Å². The SMILES string of the molecule is CN(C)C(CNC(=O)c1cn(C2CCC(N)CC2)nn1)c1ccccn1. The van der Waals surface area contributed by atoms with E-state index in [0.29, 0.717) is 12.2 Å². The van der Waals surface area contributed by atoms with Crippen molar-refractivity contribution >= 4 is 5.91 Å². The summed E-state index contributed by atoms with van der Waals surface area (Å²) in [4.78, 5) is 18.9. The van der Waals surface area contributed by atoms with Crippen molar-refractivity contribution in [3.8, 4) is 0 Å². The summed E-state index contributed by atoms with van der Waals surface area (Å²) in [5.41, 5.74) is 7.21. The molecule has 1 saturated carbocycles. The Labute approximate surface area is 153 Å². The van der Waals surface area contributed by atoms with E-state index in [1.807, 2.05) is 41.9 Å². The van der Waals surface area contributed by atoms with E-state index < -0.39 is 0 Å². The molecule has 1 unspecified atom stereocenters. The highest BCUT2D eigenvalue weighted by Gasteiger charge is 2.23. The highest BCUT2D eigenvalue weighted by atomic mass is 16.2. The van der Waals surface area contributed by atoms with Crippen LogP contribution in [0.15, 0.2) is 30.6 Å². The van der Waals surface area contributed by atoms with Gasteiger partial charge in [-0.1, -0.05) is 11.3 Å². The largest absolute Gasteiger partial charge is 0.349 e. The molecule has 8 heteroatoms. The molecule has 0 spiro atoms. The molecule has 0 saturated heterocycles. The number of rotatable bonds is 6. The second-order valence-corrected chi connectivity index (χ2v) is 7.10. The number of aromatic nitrogens is 4. The van der Waals surface area contributed by atoms with Crippen molar-refractivity contribution in [2.75, 3.05) is 20.6 Å². The maximum Gasteiger partial charge on any atom is 0.273 e. The standard InChI is InChI=1S/C18H27N7O/c1-24(2)17(15-5-3-4-10-20-15)11-21-18(26)16-12-25(23-22-16)14-8-6-13(19)7-9-14/h3-5,10,12-14,17H,6-9,11,19H2,1-2H3,(H,21,26). The van der Waals surface area contributed by atoms with Crippen LogP contribution in [0.2, 0.25) is 0 Å². The van der Waals surface area contributed by atoms with E-state index in [9.17, 15) is 4.79 Å². The number of hydrogen-bond acceptors (Lipinski definition) is 6. The Morgan fingerprint density at radius 3 is 2.77 bits per heavy atom. The first-order valence-corrected chi connectivity index (χ1v) is 9.07. The second kappa shape index (κ2) is 8.37. The van der Waals surface area contributed by atoms with E-state index in [2.05, 4.69) is 20.6 Å². The molecule has 0 aromatic carbocycles. The molecule has 0 aliphatic heterocycles. The van der Waals surface area contributed by atoms with E-state index in [1.165, 1.54) is 0 Å². The zero-order chi connectivity index (χ0) is 18.5. The number of nitrogens with two attached hydrogens (primary N) is 1. The van der Waals surface area contributed by atoms with Crippen LogP contribution < -0.4 is 11.1 Å². The van der Waals surface area contributed by atoms with Crippen molar-refractivity contribution in [2.24, 2.45) is 5.73 Å². The summed E-state index contributed by atoms with van der Waals surface area (Å²) in [5, 5.41) is 11.1. The third-order valence-corrected chi connectivity index (χ3v) is 4.97. The molecular formula is C18H27N7O. The Bertz CT molecular complexity index is 707. The van der Waals surface area contributed by atoms with Crippen LogP contribution in [0.25, 0.3) is 0 Å². The Kier molecular flexibility index (Phi) is 5.95. The molecule has 0 bridgehead atoms. The molecule has 2 heterocycles. The van der Waals surface area contributed by atoms with E-state index in [4.69, 9.17) is 5.73 Å². The normalized spacial score (nSPS) is 21.5. The summed E-state index contributed by atoms with van der Waals surface area (Å²) in [6, 6.07) is 6.35. The number of pyridine rings is 1. The molecule has 1 atom stereocenters. The first-order chi connectivity index (χ1) is 12.5. The van der Waals surface area contributed by atoms with E-state index in [-0.39, 0.29) is 24.0 Å². The molecule has 2 aromatic heterocycles. The van der Waals surface area contributed by atoms with Crippen LogP contribution in [0.4, 0.5) is 0 Å². The van der Waals surface area contributed by atoms with Gasteiger partial charge in [0.05, 0.1) is 24.0 Å². The summed E-state index contributed by atoms with van der Waals surface area (Å²) in [5.74, 6) is -0.216. The molecule has 8 nitrogen and oxygen atoms in total. The number of hydrogen-bond donors (Lipinski definition) is 2. The van der Waals surface area contributed by atoms with Gasteiger partial charge in [-0.3, -0.25) is 14.7 Å². The summed E-state index contributed by atoms with van der Waals surface area (Å²) in [7, 11) is 3.94. The highest BCUT2D eigenvalue weighted by molar-refractivity contribution is 5.91. The summed E-state index contributed by atoms with van der Waals surface area (Å²) < 4.78 is 1.81. The number of carbonyl (C=O) groups excluding carboxylic acids is 1. The van der Waals surface area contributed by atoms with Gasteiger partial charge in [-0.25, -0.2) is 4.68 Å². The fourth-order valence-corrected chi connectivity index (χ4v) is 3.33. The lowest BCUT2D eigenvalue weighted by Gasteiger charge is -2.25. The van der Waals surface area contributed by atoms with Crippen LogP contribution in [-0.2, 0) is 0 Å².